The van der Waals surface area contributed by atoms with Gasteiger partial charge in [0.2, 0.25) is 0 Å². The Morgan fingerprint density at radius 3 is 2.28 bits per heavy atom. The van der Waals surface area contributed by atoms with Crippen LogP contribution in [0.25, 0.3) is 6.08 Å². The topological polar surface area (TPSA) is 54.0 Å². The van der Waals surface area contributed by atoms with E-state index in [9.17, 15) is 4.79 Å². The molecule has 25 heavy (non-hydrogen) atoms. The van der Waals surface area contributed by atoms with Gasteiger partial charge >= 0.3 is 13.1 Å². The molecule has 0 aliphatic carbocycles. The van der Waals surface area contributed by atoms with Crippen LogP contribution < -0.4 is 4.74 Å². The summed E-state index contributed by atoms with van der Waals surface area (Å²) in [6.07, 6.45) is 1.94. The molecule has 7 heteroatoms. The lowest BCUT2D eigenvalue weighted by molar-refractivity contribution is 0.00578. The Kier molecular flexibility index (Phi) is 5.91. The molecular formula is C18H25BO5S. The number of carbonyl (C=O) groups is 1. The first-order chi connectivity index (χ1) is 11.6. The fraction of sp³-hybridized carbons (Fsp3) is 0.500. The number of rotatable bonds is 5. The lowest BCUT2D eigenvalue weighted by atomic mass is 9.78. The minimum absolute atomic E-state index is 0.380. The fourth-order valence-electron chi connectivity index (χ4n) is 2.47. The molecule has 1 aliphatic heterocycles. The predicted octanol–water partition coefficient (Wildman–Crippen LogP) is 3.43. The summed E-state index contributed by atoms with van der Waals surface area (Å²) in [5.74, 6) is 0.499. The van der Waals surface area contributed by atoms with Gasteiger partial charge in [0.15, 0.2) is 0 Å². The Bertz CT molecular complexity index is 668. The second kappa shape index (κ2) is 7.44. The van der Waals surface area contributed by atoms with Crippen molar-refractivity contribution in [3.8, 4) is 5.75 Å². The average molecular weight is 364 g/mol. The van der Waals surface area contributed by atoms with Crippen molar-refractivity contribution in [1.29, 1.82) is 0 Å². The predicted molar refractivity (Wildman–Crippen MR) is 102 cm³/mol. The van der Waals surface area contributed by atoms with Crippen LogP contribution in [0.15, 0.2) is 23.7 Å². The average Bonchev–Trinajstić information content (AvgIpc) is 2.79. The highest BCUT2D eigenvalue weighted by atomic mass is 32.1. The lowest BCUT2D eigenvalue weighted by Crippen LogP contribution is -2.41. The van der Waals surface area contributed by atoms with Crippen LogP contribution in [0.2, 0.25) is 0 Å². The molecule has 136 valence electrons. The van der Waals surface area contributed by atoms with Gasteiger partial charge in [-0.3, -0.25) is 0 Å². The second-order valence-electron chi connectivity index (χ2n) is 6.92. The summed E-state index contributed by atoms with van der Waals surface area (Å²) in [5.41, 5.74) is 1.32. The third kappa shape index (κ3) is 4.05. The maximum atomic E-state index is 11.8. The molecule has 0 amide bonds. The van der Waals surface area contributed by atoms with Crippen molar-refractivity contribution in [2.75, 3.05) is 20.0 Å². The summed E-state index contributed by atoms with van der Waals surface area (Å²) >= 11 is 4.42. The molecule has 0 saturated carbocycles. The second-order valence-corrected chi connectivity index (χ2v) is 7.23. The summed E-state index contributed by atoms with van der Waals surface area (Å²) in [5, 5.41) is 0. The van der Waals surface area contributed by atoms with Crippen LogP contribution in [0.1, 0.15) is 43.6 Å². The number of thiol groups is 1. The van der Waals surface area contributed by atoms with Crippen molar-refractivity contribution >= 4 is 31.8 Å². The van der Waals surface area contributed by atoms with Crippen molar-refractivity contribution in [2.45, 2.75) is 38.9 Å². The first-order valence-electron chi connectivity index (χ1n) is 8.08. The van der Waals surface area contributed by atoms with Crippen LogP contribution in [0.3, 0.4) is 0 Å². The van der Waals surface area contributed by atoms with Gasteiger partial charge in [0.25, 0.3) is 0 Å². The molecule has 0 aromatic heterocycles. The molecule has 0 spiro atoms. The molecule has 5 nitrogen and oxygen atoms in total. The summed E-state index contributed by atoms with van der Waals surface area (Å²) in [4.78, 5) is 11.8. The van der Waals surface area contributed by atoms with Gasteiger partial charge in [-0.25, -0.2) is 4.79 Å². The SMILES string of the molecule is COC(=O)c1ccc(C=C(CS)B2OC(C)(C)C(C)(C)O2)cc1OC. The van der Waals surface area contributed by atoms with Gasteiger partial charge in [-0.1, -0.05) is 12.1 Å². The first-order valence-corrected chi connectivity index (χ1v) is 8.71. The van der Waals surface area contributed by atoms with Crippen LogP contribution >= 0.6 is 12.6 Å². The molecule has 1 aromatic rings. The minimum Gasteiger partial charge on any atom is -0.496 e. The first kappa shape index (κ1) is 19.9. The van der Waals surface area contributed by atoms with E-state index in [0.29, 0.717) is 17.1 Å². The van der Waals surface area contributed by atoms with E-state index in [1.165, 1.54) is 14.2 Å². The zero-order chi connectivity index (χ0) is 18.8. The van der Waals surface area contributed by atoms with Gasteiger partial charge in [-0.2, -0.15) is 12.6 Å². The molecule has 0 bridgehead atoms. The Balaban J connectivity index is 2.33. The Morgan fingerprint density at radius 2 is 1.80 bits per heavy atom. The summed E-state index contributed by atoms with van der Waals surface area (Å²) < 4.78 is 22.2. The molecule has 1 aliphatic rings. The Morgan fingerprint density at radius 1 is 1.20 bits per heavy atom. The summed E-state index contributed by atoms with van der Waals surface area (Å²) in [6.45, 7) is 8.04. The summed E-state index contributed by atoms with van der Waals surface area (Å²) in [7, 11) is 2.39. The van der Waals surface area contributed by atoms with Crippen molar-refractivity contribution in [2.24, 2.45) is 0 Å². The zero-order valence-corrected chi connectivity index (χ0v) is 16.5. The van der Waals surface area contributed by atoms with E-state index < -0.39 is 24.3 Å². The van der Waals surface area contributed by atoms with Crippen LogP contribution in [-0.2, 0) is 14.0 Å². The zero-order valence-electron chi connectivity index (χ0n) is 15.6. The molecule has 0 unspecified atom stereocenters. The monoisotopic (exact) mass is 364 g/mol. The van der Waals surface area contributed by atoms with Crippen LogP contribution in [0, 0.1) is 0 Å². The largest absolute Gasteiger partial charge is 0.496 e. The van der Waals surface area contributed by atoms with E-state index >= 15 is 0 Å². The van der Waals surface area contributed by atoms with Gasteiger partial charge in [0.05, 0.1) is 25.4 Å². The van der Waals surface area contributed by atoms with E-state index in [4.69, 9.17) is 18.8 Å². The molecule has 1 saturated heterocycles. The van der Waals surface area contributed by atoms with Gasteiger partial charge in [-0.05, 0) is 50.9 Å². The van der Waals surface area contributed by atoms with Gasteiger partial charge in [0.1, 0.15) is 11.3 Å². The Hall–Kier alpha value is -1.44. The number of hydrogen-bond acceptors (Lipinski definition) is 6. The van der Waals surface area contributed by atoms with E-state index in [-0.39, 0.29) is 0 Å². The third-order valence-electron chi connectivity index (χ3n) is 4.72. The highest BCUT2D eigenvalue weighted by molar-refractivity contribution is 7.80. The molecule has 0 N–H and O–H groups in total. The molecule has 1 aromatic carbocycles. The van der Waals surface area contributed by atoms with E-state index in [1.807, 2.05) is 39.8 Å². The number of benzene rings is 1. The van der Waals surface area contributed by atoms with Gasteiger partial charge in [-0.15, -0.1) is 0 Å². The smallest absolute Gasteiger partial charge is 0.491 e. The Labute approximate surface area is 155 Å². The number of hydrogen-bond donors (Lipinski definition) is 1. The molecular weight excluding hydrogens is 339 g/mol. The number of esters is 1. The van der Waals surface area contributed by atoms with E-state index in [2.05, 4.69) is 12.6 Å². The minimum atomic E-state index is -0.464. The number of ether oxygens (including phenoxy) is 2. The quantitative estimate of drug-likeness (QED) is 0.493. The van der Waals surface area contributed by atoms with Crippen molar-refractivity contribution < 1.29 is 23.6 Å². The number of carbonyl (C=O) groups excluding carboxylic acids is 1. The van der Waals surface area contributed by atoms with Crippen molar-refractivity contribution in [3.05, 3.63) is 34.8 Å². The van der Waals surface area contributed by atoms with Crippen molar-refractivity contribution in [3.63, 3.8) is 0 Å². The maximum Gasteiger partial charge on any atom is 0.491 e. The fourth-order valence-corrected chi connectivity index (χ4v) is 2.71. The molecule has 2 rings (SSSR count). The lowest BCUT2D eigenvalue weighted by Gasteiger charge is -2.32. The molecule has 0 radical (unpaired) electrons. The highest BCUT2D eigenvalue weighted by Crippen LogP contribution is 2.39. The van der Waals surface area contributed by atoms with E-state index in [0.717, 1.165) is 11.0 Å². The maximum absolute atomic E-state index is 11.8. The standard InChI is InChI=1S/C18H25BO5S/c1-17(2)18(3,4)24-19(23-17)13(11-25)9-12-7-8-14(16(20)22-6)15(10-12)21-5/h7-10,25H,11H2,1-6H3. The molecule has 1 heterocycles. The van der Waals surface area contributed by atoms with Crippen molar-refractivity contribution in [1.82, 2.24) is 0 Å². The van der Waals surface area contributed by atoms with E-state index in [1.54, 1.807) is 12.1 Å². The highest BCUT2D eigenvalue weighted by Gasteiger charge is 2.52. The van der Waals surface area contributed by atoms with Crippen LogP contribution in [-0.4, -0.2) is 44.3 Å². The van der Waals surface area contributed by atoms with Gasteiger partial charge < -0.3 is 18.8 Å². The van der Waals surface area contributed by atoms with Gasteiger partial charge in [0, 0.05) is 5.75 Å². The van der Waals surface area contributed by atoms with Crippen LogP contribution in [0.5, 0.6) is 5.75 Å². The third-order valence-corrected chi connectivity index (χ3v) is 5.09. The summed E-state index contributed by atoms with van der Waals surface area (Å²) in [6, 6.07) is 5.28. The molecule has 0 atom stereocenters. The number of methoxy groups -OCH3 is 2. The van der Waals surface area contributed by atoms with Crippen LogP contribution in [0.4, 0.5) is 0 Å². The molecule has 1 fully saturated rings. The normalized spacial score (nSPS) is 19.0.